The van der Waals surface area contributed by atoms with Gasteiger partial charge in [0.25, 0.3) is 0 Å². The summed E-state index contributed by atoms with van der Waals surface area (Å²) in [4.78, 5) is 14.4. The van der Waals surface area contributed by atoms with Crippen molar-refractivity contribution in [3.8, 4) is 0 Å². The van der Waals surface area contributed by atoms with Gasteiger partial charge in [0.1, 0.15) is 0 Å². The summed E-state index contributed by atoms with van der Waals surface area (Å²) in [5.74, 6) is 0.115. The monoisotopic (exact) mass is 281 g/mol. The Morgan fingerprint density at radius 1 is 1.24 bits per heavy atom. The fraction of sp³-hybridized carbons (Fsp3) is 0.294. The first kappa shape index (κ1) is 13.6. The first-order chi connectivity index (χ1) is 10.1. The van der Waals surface area contributed by atoms with Crippen LogP contribution in [0.25, 0.3) is 0 Å². The molecule has 2 aromatic rings. The van der Waals surface area contributed by atoms with Crippen molar-refractivity contribution in [3.05, 3.63) is 65.1 Å². The maximum absolute atomic E-state index is 12.5. The van der Waals surface area contributed by atoms with Crippen molar-refractivity contribution in [1.82, 2.24) is 14.7 Å². The predicted octanol–water partition coefficient (Wildman–Crippen LogP) is 2.51. The van der Waals surface area contributed by atoms with Gasteiger partial charge >= 0.3 is 0 Å². The molecule has 3 rings (SSSR count). The SMILES string of the molecule is CN(C)/C=C1/CCc2nn(Cc3ccccc3)cc2C1=O. The van der Waals surface area contributed by atoms with E-state index in [1.807, 2.05) is 54.3 Å². The zero-order valence-electron chi connectivity index (χ0n) is 12.4. The Kier molecular flexibility index (Phi) is 3.60. The van der Waals surface area contributed by atoms with Crippen LogP contribution in [0, 0.1) is 0 Å². The summed E-state index contributed by atoms with van der Waals surface area (Å²) in [5, 5.41) is 4.57. The lowest BCUT2D eigenvalue weighted by Gasteiger charge is -2.14. The summed E-state index contributed by atoms with van der Waals surface area (Å²) in [6.07, 6.45) is 5.40. The number of allylic oxidation sites excluding steroid dienone is 1. The van der Waals surface area contributed by atoms with Gasteiger partial charge in [-0.05, 0) is 18.4 Å². The number of aryl methyl sites for hydroxylation is 1. The Labute approximate surface area is 124 Å². The van der Waals surface area contributed by atoms with Gasteiger partial charge in [0.15, 0.2) is 5.78 Å². The van der Waals surface area contributed by atoms with Crippen molar-refractivity contribution >= 4 is 5.78 Å². The van der Waals surface area contributed by atoms with Crippen LogP contribution in [0.5, 0.6) is 0 Å². The number of ketones is 1. The molecule has 0 aliphatic heterocycles. The van der Waals surface area contributed by atoms with Crippen LogP contribution in [0.2, 0.25) is 0 Å². The molecule has 0 radical (unpaired) electrons. The molecule has 108 valence electrons. The molecule has 0 fully saturated rings. The molecule has 0 unspecified atom stereocenters. The third kappa shape index (κ3) is 2.89. The number of rotatable bonds is 3. The van der Waals surface area contributed by atoms with Crippen molar-refractivity contribution in [2.24, 2.45) is 0 Å². The predicted molar refractivity (Wildman–Crippen MR) is 82.2 cm³/mol. The Hall–Kier alpha value is -2.36. The molecular weight excluding hydrogens is 262 g/mol. The van der Waals surface area contributed by atoms with Gasteiger partial charge in [0.05, 0.1) is 17.8 Å². The van der Waals surface area contributed by atoms with Crippen molar-refractivity contribution in [2.45, 2.75) is 19.4 Å². The molecule has 0 saturated carbocycles. The third-order valence-corrected chi connectivity index (χ3v) is 3.61. The van der Waals surface area contributed by atoms with Crippen LogP contribution in [0.4, 0.5) is 0 Å². The Bertz CT molecular complexity index is 683. The first-order valence-corrected chi connectivity index (χ1v) is 7.15. The van der Waals surface area contributed by atoms with Crippen LogP contribution in [0.15, 0.2) is 48.3 Å². The fourth-order valence-electron chi connectivity index (χ4n) is 2.66. The minimum Gasteiger partial charge on any atom is -0.383 e. The van der Waals surface area contributed by atoms with Crippen LogP contribution >= 0.6 is 0 Å². The Morgan fingerprint density at radius 2 is 2.00 bits per heavy atom. The largest absolute Gasteiger partial charge is 0.383 e. The van der Waals surface area contributed by atoms with E-state index in [1.54, 1.807) is 0 Å². The van der Waals surface area contributed by atoms with Crippen LogP contribution in [0.3, 0.4) is 0 Å². The lowest BCUT2D eigenvalue weighted by atomic mass is 9.92. The average molecular weight is 281 g/mol. The highest BCUT2D eigenvalue weighted by molar-refractivity contribution is 6.10. The molecule has 1 heterocycles. The quantitative estimate of drug-likeness (QED) is 0.811. The lowest BCUT2D eigenvalue weighted by Crippen LogP contribution is -2.16. The van der Waals surface area contributed by atoms with E-state index in [0.29, 0.717) is 6.54 Å². The number of hydrogen-bond acceptors (Lipinski definition) is 3. The van der Waals surface area contributed by atoms with Gasteiger partial charge in [-0.1, -0.05) is 30.3 Å². The lowest BCUT2D eigenvalue weighted by molar-refractivity contribution is 0.102. The van der Waals surface area contributed by atoms with E-state index >= 15 is 0 Å². The zero-order valence-corrected chi connectivity index (χ0v) is 12.4. The summed E-state index contributed by atoms with van der Waals surface area (Å²) in [5.41, 5.74) is 3.73. The summed E-state index contributed by atoms with van der Waals surface area (Å²) in [7, 11) is 3.88. The molecule has 0 saturated heterocycles. The summed E-state index contributed by atoms with van der Waals surface area (Å²) >= 11 is 0. The normalized spacial score (nSPS) is 16.1. The van der Waals surface area contributed by atoms with Crippen LogP contribution in [-0.4, -0.2) is 34.6 Å². The standard InChI is InChI=1S/C17H19N3O/c1-19(2)11-14-8-9-16-15(17(14)21)12-20(18-16)10-13-6-4-3-5-7-13/h3-7,11-12H,8-10H2,1-2H3/b14-11-. The second-order valence-corrected chi connectivity index (χ2v) is 5.62. The smallest absolute Gasteiger partial charge is 0.193 e. The van der Waals surface area contributed by atoms with Crippen molar-refractivity contribution in [2.75, 3.05) is 14.1 Å². The van der Waals surface area contributed by atoms with Crippen molar-refractivity contribution < 1.29 is 4.79 Å². The zero-order chi connectivity index (χ0) is 14.8. The maximum atomic E-state index is 12.5. The van der Waals surface area contributed by atoms with Gasteiger partial charge in [-0.15, -0.1) is 0 Å². The van der Waals surface area contributed by atoms with E-state index < -0.39 is 0 Å². The molecule has 1 aliphatic rings. The van der Waals surface area contributed by atoms with E-state index in [-0.39, 0.29) is 5.78 Å². The fourth-order valence-corrected chi connectivity index (χ4v) is 2.66. The third-order valence-electron chi connectivity index (χ3n) is 3.61. The molecular formula is C17H19N3O. The second-order valence-electron chi connectivity index (χ2n) is 5.62. The molecule has 1 aliphatic carbocycles. The molecule has 4 heteroatoms. The highest BCUT2D eigenvalue weighted by Crippen LogP contribution is 2.24. The number of aromatic nitrogens is 2. The number of hydrogen-bond donors (Lipinski definition) is 0. The molecule has 21 heavy (non-hydrogen) atoms. The van der Waals surface area contributed by atoms with Gasteiger partial charge in [-0.2, -0.15) is 5.10 Å². The molecule has 0 N–H and O–H groups in total. The number of Topliss-reactive ketones (excluding diaryl/α,β-unsaturated/α-hetero) is 1. The highest BCUT2D eigenvalue weighted by atomic mass is 16.1. The van der Waals surface area contributed by atoms with E-state index in [2.05, 4.69) is 17.2 Å². The summed E-state index contributed by atoms with van der Waals surface area (Å²) in [6.45, 7) is 0.702. The number of fused-ring (bicyclic) bond motifs is 1. The summed E-state index contributed by atoms with van der Waals surface area (Å²) < 4.78 is 1.87. The first-order valence-electron chi connectivity index (χ1n) is 7.15. The van der Waals surface area contributed by atoms with Crippen molar-refractivity contribution in [1.29, 1.82) is 0 Å². The molecule has 1 aromatic carbocycles. The Balaban J connectivity index is 1.86. The highest BCUT2D eigenvalue weighted by Gasteiger charge is 2.25. The molecule has 0 spiro atoms. The maximum Gasteiger partial charge on any atom is 0.193 e. The number of carbonyl (C=O) groups is 1. The molecule has 0 atom stereocenters. The summed E-state index contributed by atoms with van der Waals surface area (Å²) in [6, 6.07) is 10.2. The minimum absolute atomic E-state index is 0.115. The van der Waals surface area contributed by atoms with E-state index in [4.69, 9.17) is 0 Å². The van der Waals surface area contributed by atoms with E-state index in [9.17, 15) is 4.79 Å². The van der Waals surface area contributed by atoms with Gasteiger partial charge < -0.3 is 4.90 Å². The molecule has 1 aromatic heterocycles. The average Bonchev–Trinajstić information content (AvgIpc) is 2.86. The van der Waals surface area contributed by atoms with Gasteiger partial charge in [-0.3, -0.25) is 9.48 Å². The Morgan fingerprint density at radius 3 is 2.71 bits per heavy atom. The van der Waals surface area contributed by atoms with Crippen LogP contribution < -0.4 is 0 Å². The topological polar surface area (TPSA) is 38.1 Å². The number of nitrogens with zero attached hydrogens (tertiary/aromatic N) is 3. The number of benzene rings is 1. The van der Waals surface area contributed by atoms with Gasteiger partial charge in [0, 0.05) is 32.1 Å². The van der Waals surface area contributed by atoms with Crippen molar-refractivity contribution in [3.63, 3.8) is 0 Å². The second kappa shape index (κ2) is 5.56. The van der Waals surface area contributed by atoms with Gasteiger partial charge in [0.2, 0.25) is 0 Å². The molecule has 4 nitrogen and oxygen atoms in total. The molecule has 0 bridgehead atoms. The van der Waals surface area contributed by atoms with E-state index in [1.165, 1.54) is 5.56 Å². The van der Waals surface area contributed by atoms with Gasteiger partial charge in [-0.25, -0.2) is 0 Å². The minimum atomic E-state index is 0.115. The molecule has 0 amide bonds. The van der Waals surface area contributed by atoms with E-state index in [0.717, 1.165) is 29.7 Å². The van der Waals surface area contributed by atoms with Crippen LogP contribution in [0.1, 0.15) is 28.0 Å². The van der Waals surface area contributed by atoms with Crippen LogP contribution in [-0.2, 0) is 13.0 Å². The number of carbonyl (C=O) groups excluding carboxylic acids is 1.